The number of ether oxygens (including phenoxy) is 1. The van der Waals surface area contributed by atoms with Crippen LogP contribution in [-0.2, 0) is 16.9 Å². The quantitative estimate of drug-likeness (QED) is 0.775. The number of nitrogens with one attached hydrogen (secondary N) is 1. The Hall–Kier alpha value is -1.08. The van der Waals surface area contributed by atoms with Crippen LogP contribution in [0.1, 0.15) is 11.7 Å². The standard InChI is InChI=1S/C9H17N3O3S/c1-10-7(6-16(4,13)14)9-8(15-3)5-11-12(9)2/h5,7,10H,6H2,1-4H3. The highest BCUT2D eigenvalue weighted by molar-refractivity contribution is 7.90. The van der Waals surface area contributed by atoms with Gasteiger partial charge < -0.3 is 10.1 Å². The average Bonchev–Trinajstić information content (AvgIpc) is 2.54. The molecule has 1 atom stereocenters. The minimum atomic E-state index is -3.06. The van der Waals surface area contributed by atoms with Gasteiger partial charge in [-0.25, -0.2) is 8.42 Å². The zero-order valence-corrected chi connectivity index (χ0v) is 10.7. The summed E-state index contributed by atoms with van der Waals surface area (Å²) in [6.45, 7) is 0. The minimum absolute atomic E-state index is 0.0133. The molecule has 0 aliphatic rings. The fraction of sp³-hybridized carbons (Fsp3) is 0.667. The van der Waals surface area contributed by atoms with Gasteiger partial charge in [-0.1, -0.05) is 0 Å². The molecule has 0 aliphatic carbocycles. The summed E-state index contributed by atoms with van der Waals surface area (Å²) < 4.78 is 29.4. The van der Waals surface area contributed by atoms with Crippen molar-refractivity contribution in [3.63, 3.8) is 0 Å². The molecule has 0 saturated carbocycles. The Balaban J connectivity index is 3.08. The molecule has 0 bridgehead atoms. The van der Waals surface area contributed by atoms with Crippen molar-refractivity contribution < 1.29 is 13.2 Å². The van der Waals surface area contributed by atoms with E-state index in [1.807, 2.05) is 0 Å². The van der Waals surface area contributed by atoms with Gasteiger partial charge >= 0.3 is 0 Å². The van der Waals surface area contributed by atoms with E-state index < -0.39 is 9.84 Å². The molecule has 16 heavy (non-hydrogen) atoms. The topological polar surface area (TPSA) is 73.2 Å². The van der Waals surface area contributed by atoms with E-state index in [4.69, 9.17) is 4.74 Å². The van der Waals surface area contributed by atoms with Gasteiger partial charge in [-0.15, -0.1) is 0 Å². The van der Waals surface area contributed by atoms with Gasteiger partial charge in [-0.3, -0.25) is 4.68 Å². The van der Waals surface area contributed by atoms with Crippen LogP contribution in [0.5, 0.6) is 5.75 Å². The summed E-state index contributed by atoms with van der Waals surface area (Å²) in [7, 11) is 1.94. The summed E-state index contributed by atoms with van der Waals surface area (Å²) in [5, 5.41) is 7.00. The van der Waals surface area contributed by atoms with Crippen LogP contribution in [0.15, 0.2) is 6.20 Å². The number of rotatable bonds is 5. The molecule has 0 spiro atoms. The summed E-state index contributed by atoms with van der Waals surface area (Å²) in [6, 6.07) is -0.322. The molecule has 1 heterocycles. The Morgan fingerprint density at radius 3 is 2.69 bits per heavy atom. The van der Waals surface area contributed by atoms with Gasteiger partial charge in [0.2, 0.25) is 0 Å². The second-order valence-corrected chi connectivity index (χ2v) is 5.84. The molecule has 1 rings (SSSR count). The molecule has 0 amide bonds. The van der Waals surface area contributed by atoms with Crippen molar-refractivity contribution >= 4 is 9.84 Å². The second kappa shape index (κ2) is 4.84. The third kappa shape index (κ3) is 2.96. The van der Waals surface area contributed by atoms with Crippen molar-refractivity contribution in [2.75, 3.05) is 26.2 Å². The SMILES string of the molecule is CNC(CS(C)(=O)=O)c1c(OC)cnn1C. The van der Waals surface area contributed by atoms with Crippen molar-refractivity contribution in [3.05, 3.63) is 11.9 Å². The van der Waals surface area contributed by atoms with E-state index in [1.54, 1.807) is 25.0 Å². The Kier molecular flexibility index (Phi) is 3.93. The first-order valence-corrected chi connectivity index (χ1v) is 6.86. The molecular weight excluding hydrogens is 230 g/mol. The van der Waals surface area contributed by atoms with E-state index >= 15 is 0 Å². The van der Waals surface area contributed by atoms with E-state index in [-0.39, 0.29) is 11.8 Å². The highest BCUT2D eigenvalue weighted by Crippen LogP contribution is 2.24. The number of aryl methyl sites for hydroxylation is 1. The largest absolute Gasteiger partial charge is 0.493 e. The summed E-state index contributed by atoms with van der Waals surface area (Å²) >= 11 is 0. The maximum Gasteiger partial charge on any atom is 0.161 e. The van der Waals surface area contributed by atoms with Crippen LogP contribution in [-0.4, -0.2) is 44.4 Å². The highest BCUT2D eigenvalue weighted by atomic mass is 32.2. The maximum atomic E-state index is 11.3. The van der Waals surface area contributed by atoms with Crippen LogP contribution in [0.25, 0.3) is 0 Å². The van der Waals surface area contributed by atoms with E-state index in [2.05, 4.69) is 10.4 Å². The molecule has 92 valence electrons. The van der Waals surface area contributed by atoms with Crippen LogP contribution in [0.2, 0.25) is 0 Å². The van der Waals surface area contributed by atoms with Crippen LogP contribution in [0, 0.1) is 0 Å². The third-order valence-electron chi connectivity index (χ3n) is 2.32. The first-order valence-electron chi connectivity index (χ1n) is 4.80. The maximum absolute atomic E-state index is 11.3. The Bertz CT molecular complexity index is 453. The first kappa shape index (κ1) is 13.0. The zero-order valence-electron chi connectivity index (χ0n) is 9.89. The number of nitrogens with zero attached hydrogens (tertiary/aromatic N) is 2. The van der Waals surface area contributed by atoms with Gasteiger partial charge in [-0.05, 0) is 7.05 Å². The predicted octanol–water partition coefficient (Wildman–Crippen LogP) is -0.266. The van der Waals surface area contributed by atoms with Gasteiger partial charge in [0.25, 0.3) is 0 Å². The lowest BCUT2D eigenvalue weighted by Gasteiger charge is -2.16. The average molecular weight is 247 g/mol. The van der Waals surface area contributed by atoms with Crippen LogP contribution in [0.3, 0.4) is 0 Å². The van der Waals surface area contributed by atoms with Gasteiger partial charge in [0.05, 0.1) is 30.8 Å². The van der Waals surface area contributed by atoms with Gasteiger partial charge in [0, 0.05) is 13.3 Å². The lowest BCUT2D eigenvalue weighted by Crippen LogP contribution is -2.27. The molecule has 0 radical (unpaired) electrons. The lowest BCUT2D eigenvalue weighted by atomic mass is 10.2. The number of hydrogen-bond acceptors (Lipinski definition) is 5. The van der Waals surface area contributed by atoms with Gasteiger partial charge in [0.15, 0.2) is 5.75 Å². The molecule has 7 heteroatoms. The zero-order chi connectivity index (χ0) is 12.3. The lowest BCUT2D eigenvalue weighted by molar-refractivity contribution is 0.400. The minimum Gasteiger partial charge on any atom is -0.493 e. The molecule has 1 unspecified atom stereocenters. The number of methoxy groups -OCH3 is 1. The van der Waals surface area contributed by atoms with E-state index in [1.165, 1.54) is 13.4 Å². The smallest absolute Gasteiger partial charge is 0.161 e. The Morgan fingerprint density at radius 1 is 1.62 bits per heavy atom. The molecule has 0 saturated heterocycles. The van der Waals surface area contributed by atoms with Crippen molar-refractivity contribution in [1.29, 1.82) is 0 Å². The molecule has 0 aliphatic heterocycles. The fourth-order valence-electron chi connectivity index (χ4n) is 1.58. The monoisotopic (exact) mass is 247 g/mol. The van der Waals surface area contributed by atoms with Crippen LogP contribution >= 0.6 is 0 Å². The third-order valence-corrected chi connectivity index (χ3v) is 3.26. The van der Waals surface area contributed by atoms with Gasteiger partial charge in [0.1, 0.15) is 9.84 Å². The highest BCUT2D eigenvalue weighted by Gasteiger charge is 2.22. The predicted molar refractivity (Wildman–Crippen MR) is 61.3 cm³/mol. The van der Waals surface area contributed by atoms with E-state index in [0.29, 0.717) is 5.75 Å². The molecule has 1 N–H and O–H groups in total. The molecule has 0 aromatic carbocycles. The first-order chi connectivity index (χ1) is 7.39. The molecule has 1 aromatic rings. The van der Waals surface area contributed by atoms with Crippen LogP contribution in [0.4, 0.5) is 0 Å². The number of hydrogen-bond donors (Lipinski definition) is 1. The van der Waals surface area contributed by atoms with Crippen molar-refractivity contribution in [2.24, 2.45) is 7.05 Å². The number of sulfone groups is 1. The normalized spacial score (nSPS) is 13.8. The number of aromatic nitrogens is 2. The molecular formula is C9H17N3O3S. The Labute approximate surface area is 95.5 Å². The van der Waals surface area contributed by atoms with Crippen molar-refractivity contribution in [3.8, 4) is 5.75 Å². The summed E-state index contributed by atoms with van der Waals surface area (Å²) in [5.74, 6) is 0.602. The van der Waals surface area contributed by atoms with Gasteiger partial charge in [-0.2, -0.15) is 5.10 Å². The summed E-state index contributed by atoms with van der Waals surface area (Å²) in [6.07, 6.45) is 2.78. The summed E-state index contributed by atoms with van der Waals surface area (Å²) in [4.78, 5) is 0. The molecule has 6 nitrogen and oxygen atoms in total. The Morgan fingerprint density at radius 2 is 2.25 bits per heavy atom. The summed E-state index contributed by atoms with van der Waals surface area (Å²) in [5.41, 5.74) is 0.732. The second-order valence-electron chi connectivity index (χ2n) is 3.66. The molecule has 0 fully saturated rings. The van der Waals surface area contributed by atoms with E-state index in [0.717, 1.165) is 5.69 Å². The van der Waals surface area contributed by atoms with Crippen molar-refractivity contribution in [2.45, 2.75) is 6.04 Å². The fourth-order valence-corrected chi connectivity index (χ4v) is 2.51. The van der Waals surface area contributed by atoms with E-state index in [9.17, 15) is 8.42 Å². The van der Waals surface area contributed by atoms with Crippen molar-refractivity contribution in [1.82, 2.24) is 15.1 Å². The van der Waals surface area contributed by atoms with Crippen LogP contribution < -0.4 is 10.1 Å². The molecule has 1 aromatic heterocycles.